The van der Waals surface area contributed by atoms with Crippen LogP contribution in [0.4, 0.5) is 5.69 Å². The maximum atomic E-state index is 10.6. The number of benzene rings is 1. The van der Waals surface area contributed by atoms with Crippen molar-refractivity contribution in [1.82, 2.24) is 9.78 Å². The highest BCUT2D eigenvalue weighted by Gasteiger charge is 2.07. The maximum Gasteiger partial charge on any atom is 0.269 e. The lowest BCUT2D eigenvalue weighted by Gasteiger charge is -2.04. The van der Waals surface area contributed by atoms with Gasteiger partial charge in [-0.1, -0.05) is 19.1 Å². The van der Waals surface area contributed by atoms with Gasteiger partial charge < -0.3 is 5.73 Å². The molecule has 0 aliphatic heterocycles. The Morgan fingerprint density at radius 2 is 2.11 bits per heavy atom. The van der Waals surface area contributed by atoms with E-state index in [1.807, 2.05) is 13.1 Å². The van der Waals surface area contributed by atoms with Crippen molar-refractivity contribution >= 4 is 5.69 Å². The number of hydrogen-bond donors (Lipinski definition) is 1. The van der Waals surface area contributed by atoms with Gasteiger partial charge >= 0.3 is 0 Å². The fourth-order valence-corrected chi connectivity index (χ4v) is 1.80. The van der Waals surface area contributed by atoms with Crippen molar-refractivity contribution in [2.24, 2.45) is 5.73 Å². The van der Waals surface area contributed by atoms with Crippen molar-refractivity contribution in [1.29, 1.82) is 0 Å². The Morgan fingerprint density at radius 1 is 1.42 bits per heavy atom. The molecule has 2 aromatic rings. The molecule has 1 aromatic heterocycles. The molecule has 100 valence electrons. The van der Waals surface area contributed by atoms with Crippen LogP contribution in [0.1, 0.15) is 30.5 Å². The third-order valence-electron chi connectivity index (χ3n) is 3.01. The Kier molecular flexibility index (Phi) is 3.91. The monoisotopic (exact) mass is 260 g/mol. The highest BCUT2D eigenvalue weighted by atomic mass is 16.6. The molecule has 0 fully saturated rings. The van der Waals surface area contributed by atoms with Gasteiger partial charge in [0.15, 0.2) is 0 Å². The van der Waals surface area contributed by atoms with E-state index in [-0.39, 0.29) is 11.7 Å². The Morgan fingerprint density at radius 3 is 2.68 bits per heavy atom. The number of nitrogens with zero attached hydrogens (tertiary/aromatic N) is 3. The fraction of sp³-hybridized carbons (Fsp3) is 0.308. The predicted octanol–water partition coefficient (Wildman–Crippen LogP) is 2.25. The summed E-state index contributed by atoms with van der Waals surface area (Å²) in [6.45, 7) is 2.60. The van der Waals surface area contributed by atoms with Crippen molar-refractivity contribution in [3.8, 4) is 0 Å². The molecule has 0 amide bonds. The van der Waals surface area contributed by atoms with Crippen LogP contribution in [0.2, 0.25) is 0 Å². The summed E-state index contributed by atoms with van der Waals surface area (Å²) in [5.74, 6) is 0. The van der Waals surface area contributed by atoms with Crippen LogP contribution in [0.25, 0.3) is 0 Å². The van der Waals surface area contributed by atoms with E-state index in [4.69, 9.17) is 5.73 Å². The molecule has 1 aromatic carbocycles. The van der Waals surface area contributed by atoms with Gasteiger partial charge in [0, 0.05) is 29.9 Å². The van der Waals surface area contributed by atoms with Gasteiger partial charge in [-0.25, -0.2) is 0 Å². The van der Waals surface area contributed by atoms with Crippen LogP contribution in [-0.2, 0) is 6.54 Å². The zero-order valence-electron chi connectivity index (χ0n) is 10.7. The maximum absolute atomic E-state index is 10.6. The van der Waals surface area contributed by atoms with E-state index in [2.05, 4.69) is 5.10 Å². The lowest BCUT2D eigenvalue weighted by Crippen LogP contribution is -2.07. The van der Waals surface area contributed by atoms with Gasteiger partial charge in [0.1, 0.15) is 0 Å². The normalized spacial score (nSPS) is 12.3. The summed E-state index contributed by atoms with van der Waals surface area (Å²) in [7, 11) is 0. The minimum atomic E-state index is -0.407. The number of nitro groups is 1. The van der Waals surface area contributed by atoms with Crippen LogP contribution in [0.15, 0.2) is 36.7 Å². The summed E-state index contributed by atoms with van der Waals surface area (Å²) in [6.07, 6.45) is 4.54. The number of rotatable bonds is 5. The lowest BCUT2D eigenvalue weighted by molar-refractivity contribution is -0.384. The molecule has 0 spiro atoms. The highest BCUT2D eigenvalue weighted by molar-refractivity contribution is 5.32. The molecule has 0 saturated carbocycles. The molecule has 1 heterocycles. The molecule has 0 aliphatic rings. The summed E-state index contributed by atoms with van der Waals surface area (Å²) in [5, 5.41) is 14.8. The minimum Gasteiger partial charge on any atom is -0.324 e. The number of nitro benzene ring substituents is 1. The molecule has 2 rings (SSSR count). The zero-order chi connectivity index (χ0) is 13.8. The number of non-ortho nitro benzene ring substituents is 1. The van der Waals surface area contributed by atoms with E-state index in [1.54, 1.807) is 23.0 Å². The SMILES string of the molecule is CCC(N)c1cnn(Cc2ccc([N+](=O)[O-])cc2)c1. The summed E-state index contributed by atoms with van der Waals surface area (Å²) >= 11 is 0. The van der Waals surface area contributed by atoms with Crippen molar-refractivity contribution in [3.63, 3.8) is 0 Å². The van der Waals surface area contributed by atoms with Crippen LogP contribution >= 0.6 is 0 Å². The molecule has 6 nitrogen and oxygen atoms in total. The number of aromatic nitrogens is 2. The first-order valence-corrected chi connectivity index (χ1v) is 6.11. The Hall–Kier alpha value is -2.21. The first kappa shape index (κ1) is 13.2. The van der Waals surface area contributed by atoms with Gasteiger partial charge in [0.05, 0.1) is 17.7 Å². The topological polar surface area (TPSA) is 87.0 Å². The van der Waals surface area contributed by atoms with Gasteiger partial charge in [0.25, 0.3) is 5.69 Å². The Bertz CT molecular complexity index is 562. The van der Waals surface area contributed by atoms with Crippen molar-refractivity contribution < 1.29 is 4.92 Å². The fourth-order valence-electron chi connectivity index (χ4n) is 1.80. The molecule has 0 aliphatic carbocycles. The van der Waals surface area contributed by atoms with Crippen molar-refractivity contribution in [2.75, 3.05) is 0 Å². The minimum absolute atomic E-state index is 0.00520. The third-order valence-corrected chi connectivity index (χ3v) is 3.01. The van der Waals surface area contributed by atoms with Crippen LogP contribution < -0.4 is 5.73 Å². The molecular formula is C13H16N4O2. The largest absolute Gasteiger partial charge is 0.324 e. The Labute approximate surface area is 111 Å². The van der Waals surface area contributed by atoms with Crippen LogP contribution in [0, 0.1) is 10.1 Å². The average molecular weight is 260 g/mol. The van der Waals surface area contributed by atoms with Gasteiger partial charge in [-0.15, -0.1) is 0 Å². The first-order chi connectivity index (χ1) is 9.10. The average Bonchev–Trinajstić information content (AvgIpc) is 2.87. The van der Waals surface area contributed by atoms with E-state index in [0.717, 1.165) is 17.5 Å². The summed E-state index contributed by atoms with van der Waals surface area (Å²) in [5.41, 5.74) is 7.99. The van der Waals surface area contributed by atoms with E-state index >= 15 is 0 Å². The Balaban J connectivity index is 2.08. The second kappa shape index (κ2) is 5.62. The summed E-state index contributed by atoms with van der Waals surface area (Å²) in [4.78, 5) is 10.1. The summed E-state index contributed by atoms with van der Waals surface area (Å²) < 4.78 is 1.78. The van der Waals surface area contributed by atoms with Gasteiger partial charge in [-0.2, -0.15) is 5.10 Å². The van der Waals surface area contributed by atoms with Gasteiger partial charge in [0.2, 0.25) is 0 Å². The molecule has 1 atom stereocenters. The van der Waals surface area contributed by atoms with Crippen LogP contribution in [0.3, 0.4) is 0 Å². The van der Waals surface area contributed by atoms with Gasteiger partial charge in [-0.05, 0) is 12.0 Å². The van der Waals surface area contributed by atoms with E-state index in [9.17, 15) is 10.1 Å². The van der Waals surface area contributed by atoms with Crippen molar-refractivity contribution in [2.45, 2.75) is 25.9 Å². The molecule has 0 bridgehead atoms. The molecule has 0 radical (unpaired) electrons. The molecule has 0 saturated heterocycles. The predicted molar refractivity (Wildman–Crippen MR) is 71.6 cm³/mol. The van der Waals surface area contributed by atoms with Crippen molar-refractivity contribution in [3.05, 3.63) is 57.9 Å². The standard InChI is InChI=1S/C13H16N4O2/c1-2-13(14)11-7-15-16(9-11)8-10-3-5-12(6-4-10)17(18)19/h3-7,9,13H,2,8,14H2,1H3. The third kappa shape index (κ3) is 3.17. The highest BCUT2D eigenvalue weighted by Crippen LogP contribution is 2.15. The second-order valence-electron chi connectivity index (χ2n) is 4.41. The van der Waals surface area contributed by atoms with E-state index < -0.39 is 4.92 Å². The van der Waals surface area contributed by atoms with Gasteiger partial charge in [-0.3, -0.25) is 14.8 Å². The molecule has 1 unspecified atom stereocenters. The molecule has 2 N–H and O–H groups in total. The molecule has 19 heavy (non-hydrogen) atoms. The number of nitrogens with two attached hydrogens (primary N) is 1. The van der Waals surface area contributed by atoms with E-state index in [1.165, 1.54) is 12.1 Å². The quantitative estimate of drug-likeness (QED) is 0.659. The van der Waals surface area contributed by atoms with Crippen LogP contribution in [0.5, 0.6) is 0 Å². The van der Waals surface area contributed by atoms with E-state index in [0.29, 0.717) is 6.54 Å². The van der Waals surface area contributed by atoms with Crippen LogP contribution in [-0.4, -0.2) is 14.7 Å². The second-order valence-corrected chi connectivity index (χ2v) is 4.41. The zero-order valence-corrected chi connectivity index (χ0v) is 10.7. The molecular weight excluding hydrogens is 244 g/mol. The number of hydrogen-bond acceptors (Lipinski definition) is 4. The molecule has 6 heteroatoms. The smallest absolute Gasteiger partial charge is 0.269 e. The summed E-state index contributed by atoms with van der Waals surface area (Å²) in [6, 6.07) is 6.47. The lowest BCUT2D eigenvalue weighted by atomic mass is 10.1. The first-order valence-electron chi connectivity index (χ1n) is 6.11.